The quantitative estimate of drug-likeness (QED) is 0.575. The van der Waals surface area contributed by atoms with Crippen molar-refractivity contribution in [2.75, 3.05) is 14.1 Å². The van der Waals surface area contributed by atoms with Crippen molar-refractivity contribution in [1.82, 2.24) is 4.90 Å². The fourth-order valence-electron chi connectivity index (χ4n) is 1.44. The second-order valence-corrected chi connectivity index (χ2v) is 4.22. The SMILES string of the molecule is CC(=O)Cc1cccc(C(=O)/C=C/N(C)C)c1. The highest BCUT2D eigenvalue weighted by Gasteiger charge is 2.04. The van der Waals surface area contributed by atoms with Crippen molar-refractivity contribution < 1.29 is 9.59 Å². The van der Waals surface area contributed by atoms with Crippen molar-refractivity contribution in [3.8, 4) is 0 Å². The van der Waals surface area contributed by atoms with Gasteiger partial charge in [0.25, 0.3) is 0 Å². The second-order valence-electron chi connectivity index (χ2n) is 4.22. The van der Waals surface area contributed by atoms with Crippen molar-refractivity contribution >= 4 is 11.6 Å². The first-order valence-electron chi connectivity index (χ1n) is 5.46. The predicted molar refractivity (Wildman–Crippen MR) is 68.0 cm³/mol. The van der Waals surface area contributed by atoms with Crippen molar-refractivity contribution in [2.24, 2.45) is 0 Å². The number of hydrogen-bond donors (Lipinski definition) is 0. The van der Waals surface area contributed by atoms with Crippen LogP contribution in [-0.4, -0.2) is 30.6 Å². The van der Waals surface area contributed by atoms with Crippen LogP contribution in [0.4, 0.5) is 0 Å². The van der Waals surface area contributed by atoms with Crippen LogP contribution in [0.1, 0.15) is 22.8 Å². The van der Waals surface area contributed by atoms with Gasteiger partial charge in [-0.1, -0.05) is 18.2 Å². The third-order valence-electron chi connectivity index (χ3n) is 2.19. The van der Waals surface area contributed by atoms with Gasteiger partial charge >= 0.3 is 0 Å². The van der Waals surface area contributed by atoms with E-state index in [1.807, 2.05) is 20.2 Å². The number of hydrogen-bond acceptors (Lipinski definition) is 3. The van der Waals surface area contributed by atoms with Crippen LogP contribution in [0.5, 0.6) is 0 Å². The van der Waals surface area contributed by atoms with Gasteiger partial charge in [0.15, 0.2) is 5.78 Å². The van der Waals surface area contributed by atoms with Crippen LogP contribution in [-0.2, 0) is 11.2 Å². The topological polar surface area (TPSA) is 37.4 Å². The number of ketones is 2. The number of allylic oxidation sites excluding steroid dienone is 1. The standard InChI is InChI=1S/C14H17NO2/c1-11(16)9-12-5-4-6-13(10-12)14(17)7-8-15(2)3/h4-8,10H,9H2,1-3H3/b8-7+. The number of benzene rings is 1. The molecule has 0 aliphatic heterocycles. The summed E-state index contributed by atoms with van der Waals surface area (Å²) >= 11 is 0. The van der Waals surface area contributed by atoms with Crippen LogP contribution in [0.25, 0.3) is 0 Å². The molecule has 0 saturated carbocycles. The summed E-state index contributed by atoms with van der Waals surface area (Å²) in [6, 6.07) is 7.18. The third kappa shape index (κ3) is 4.64. The number of carbonyl (C=O) groups is 2. The van der Waals surface area contributed by atoms with Crippen LogP contribution in [0.15, 0.2) is 36.5 Å². The molecule has 0 atom stereocenters. The number of carbonyl (C=O) groups excluding carboxylic acids is 2. The molecule has 0 fully saturated rings. The Bertz CT molecular complexity index is 447. The number of nitrogens with zero attached hydrogens (tertiary/aromatic N) is 1. The Kier molecular flexibility index (Phi) is 4.64. The maximum atomic E-state index is 11.8. The Hall–Kier alpha value is -1.90. The van der Waals surface area contributed by atoms with Gasteiger partial charge in [0.1, 0.15) is 5.78 Å². The first kappa shape index (κ1) is 13.2. The Morgan fingerprint density at radius 3 is 2.59 bits per heavy atom. The minimum Gasteiger partial charge on any atom is -0.383 e. The first-order valence-corrected chi connectivity index (χ1v) is 5.46. The molecule has 3 heteroatoms. The van der Waals surface area contributed by atoms with Gasteiger partial charge in [-0.05, 0) is 18.6 Å². The number of Topliss-reactive ketones (excluding diaryl/α,β-unsaturated/α-hetero) is 1. The van der Waals surface area contributed by atoms with Crippen LogP contribution < -0.4 is 0 Å². The van der Waals surface area contributed by atoms with E-state index < -0.39 is 0 Å². The molecule has 1 aromatic carbocycles. The summed E-state index contributed by atoms with van der Waals surface area (Å²) in [5.74, 6) is 0.0440. The molecule has 0 amide bonds. The van der Waals surface area contributed by atoms with Crippen molar-refractivity contribution in [3.05, 3.63) is 47.7 Å². The largest absolute Gasteiger partial charge is 0.383 e. The normalized spacial score (nSPS) is 10.5. The van der Waals surface area contributed by atoms with E-state index in [9.17, 15) is 9.59 Å². The first-order chi connectivity index (χ1) is 7.99. The Morgan fingerprint density at radius 2 is 2.00 bits per heavy atom. The Labute approximate surface area is 102 Å². The molecule has 0 aromatic heterocycles. The fourth-order valence-corrected chi connectivity index (χ4v) is 1.44. The lowest BCUT2D eigenvalue weighted by atomic mass is 10.0. The van der Waals surface area contributed by atoms with E-state index in [2.05, 4.69) is 0 Å². The van der Waals surface area contributed by atoms with Crippen LogP contribution in [0.2, 0.25) is 0 Å². The lowest BCUT2D eigenvalue weighted by Gasteiger charge is -2.04. The van der Waals surface area contributed by atoms with Gasteiger partial charge in [-0.2, -0.15) is 0 Å². The Balaban J connectivity index is 2.84. The van der Waals surface area contributed by atoms with E-state index in [1.54, 1.807) is 36.2 Å². The van der Waals surface area contributed by atoms with Crippen LogP contribution in [0, 0.1) is 0 Å². The summed E-state index contributed by atoms with van der Waals surface area (Å²) in [4.78, 5) is 24.6. The molecule has 0 saturated heterocycles. The summed E-state index contributed by atoms with van der Waals surface area (Å²) in [5.41, 5.74) is 1.49. The molecule has 90 valence electrons. The van der Waals surface area contributed by atoms with E-state index in [1.165, 1.54) is 6.08 Å². The van der Waals surface area contributed by atoms with Crippen molar-refractivity contribution in [2.45, 2.75) is 13.3 Å². The maximum Gasteiger partial charge on any atom is 0.187 e. The van der Waals surface area contributed by atoms with Crippen LogP contribution >= 0.6 is 0 Å². The van der Waals surface area contributed by atoms with E-state index in [4.69, 9.17) is 0 Å². The van der Waals surface area contributed by atoms with Gasteiger partial charge < -0.3 is 4.90 Å². The van der Waals surface area contributed by atoms with E-state index >= 15 is 0 Å². The molecule has 0 unspecified atom stereocenters. The van der Waals surface area contributed by atoms with Crippen LogP contribution in [0.3, 0.4) is 0 Å². The molecule has 0 radical (unpaired) electrons. The minimum atomic E-state index is -0.0518. The molecule has 0 heterocycles. The van der Waals surface area contributed by atoms with Gasteiger partial charge in [-0.15, -0.1) is 0 Å². The molecule has 0 aliphatic rings. The maximum absolute atomic E-state index is 11.8. The molecule has 0 bridgehead atoms. The molecule has 0 aliphatic carbocycles. The average molecular weight is 231 g/mol. The molecular formula is C14H17NO2. The fraction of sp³-hybridized carbons (Fsp3) is 0.286. The highest BCUT2D eigenvalue weighted by molar-refractivity contribution is 6.04. The van der Waals surface area contributed by atoms with Crippen molar-refractivity contribution in [3.63, 3.8) is 0 Å². The molecular weight excluding hydrogens is 214 g/mol. The highest BCUT2D eigenvalue weighted by atomic mass is 16.1. The zero-order chi connectivity index (χ0) is 12.8. The third-order valence-corrected chi connectivity index (χ3v) is 2.19. The highest BCUT2D eigenvalue weighted by Crippen LogP contribution is 2.08. The van der Waals surface area contributed by atoms with Gasteiger partial charge in [0.2, 0.25) is 0 Å². The molecule has 0 spiro atoms. The van der Waals surface area contributed by atoms with Gasteiger partial charge in [0, 0.05) is 38.4 Å². The molecule has 3 nitrogen and oxygen atoms in total. The zero-order valence-corrected chi connectivity index (χ0v) is 10.4. The van der Waals surface area contributed by atoms with Gasteiger partial charge in [0.05, 0.1) is 0 Å². The summed E-state index contributed by atoms with van der Waals surface area (Å²) < 4.78 is 0. The smallest absolute Gasteiger partial charge is 0.187 e. The van der Waals surface area contributed by atoms with Gasteiger partial charge in [-0.3, -0.25) is 9.59 Å². The van der Waals surface area contributed by atoms with Gasteiger partial charge in [-0.25, -0.2) is 0 Å². The Morgan fingerprint density at radius 1 is 1.29 bits per heavy atom. The van der Waals surface area contributed by atoms with E-state index in [-0.39, 0.29) is 11.6 Å². The summed E-state index contributed by atoms with van der Waals surface area (Å²) in [6.45, 7) is 1.54. The monoisotopic (exact) mass is 231 g/mol. The van der Waals surface area contributed by atoms with E-state index in [0.29, 0.717) is 12.0 Å². The lowest BCUT2D eigenvalue weighted by molar-refractivity contribution is -0.116. The second kappa shape index (κ2) is 5.99. The summed E-state index contributed by atoms with van der Waals surface area (Å²) in [6.07, 6.45) is 3.60. The van der Waals surface area contributed by atoms with Crippen molar-refractivity contribution in [1.29, 1.82) is 0 Å². The number of rotatable bonds is 5. The molecule has 1 rings (SSSR count). The minimum absolute atomic E-state index is 0.0518. The molecule has 17 heavy (non-hydrogen) atoms. The zero-order valence-electron chi connectivity index (χ0n) is 10.4. The predicted octanol–water partition coefficient (Wildman–Crippen LogP) is 2.08. The molecule has 0 N–H and O–H groups in total. The average Bonchev–Trinajstić information content (AvgIpc) is 2.25. The van der Waals surface area contributed by atoms with E-state index in [0.717, 1.165) is 5.56 Å². The summed E-state index contributed by atoms with van der Waals surface area (Å²) in [7, 11) is 3.71. The molecule has 1 aromatic rings. The lowest BCUT2D eigenvalue weighted by Crippen LogP contribution is -2.04. The summed E-state index contributed by atoms with van der Waals surface area (Å²) in [5, 5.41) is 0.